The lowest BCUT2D eigenvalue weighted by molar-refractivity contribution is -0.124. The maximum absolute atomic E-state index is 12.2. The summed E-state index contributed by atoms with van der Waals surface area (Å²) in [5.74, 6) is 1.41. The van der Waals surface area contributed by atoms with E-state index in [1.165, 1.54) is 19.3 Å². The van der Waals surface area contributed by atoms with Crippen LogP contribution in [0.2, 0.25) is 0 Å². The van der Waals surface area contributed by atoms with Crippen molar-refractivity contribution in [3.63, 3.8) is 0 Å². The average molecular weight is 254 g/mol. The predicted octanol–water partition coefficient (Wildman–Crippen LogP) is 0.899. The fourth-order valence-corrected chi connectivity index (χ4v) is 3.30. The van der Waals surface area contributed by atoms with Crippen molar-refractivity contribution in [2.45, 2.75) is 45.6 Å². The lowest BCUT2D eigenvalue weighted by Gasteiger charge is -2.26. The molecule has 3 unspecified atom stereocenters. The second kappa shape index (κ2) is 5.57. The van der Waals surface area contributed by atoms with Gasteiger partial charge >= 0.3 is 0 Å². The third kappa shape index (κ3) is 3.04. The molecule has 4 nitrogen and oxygen atoms in total. The molecule has 18 heavy (non-hydrogen) atoms. The van der Waals surface area contributed by atoms with Crippen LogP contribution in [0.15, 0.2) is 0 Å². The number of aliphatic hydroxyl groups excluding tert-OH is 1. The van der Waals surface area contributed by atoms with Gasteiger partial charge in [0.15, 0.2) is 0 Å². The fourth-order valence-electron chi connectivity index (χ4n) is 3.30. The van der Waals surface area contributed by atoms with Crippen LogP contribution in [0, 0.1) is 17.3 Å². The van der Waals surface area contributed by atoms with Crippen molar-refractivity contribution < 1.29 is 9.90 Å². The summed E-state index contributed by atoms with van der Waals surface area (Å²) in [6, 6.07) is 0.0161. The minimum atomic E-state index is -0.0297. The van der Waals surface area contributed by atoms with Crippen molar-refractivity contribution in [3.05, 3.63) is 0 Å². The number of rotatable bonds is 5. The van der Waals surface area contributed by atoms with Crippen molar-refractivity contribution in [1.29, 1.82) is 0 Å². The quantitative estimate of drug-likeness (QED) is 0.683. The van der Waals surface area contributed by atoms with Gasteiger partial charge in [0.1, 0.15) is 0 Å². The van der Waals surface area contributed by atoms with Crippen LogP contribution in [0.5, 0.6) is 0 Å². The van der Waals surface area contributed by atoms with Crippen LogP contribution in [0.25, 0.3) is 0 Å². The first-order valence-corrected chi connectivity index (χ1v) is 7.15. The fraction of sp³-hybridized carbons (Fsp3) is 0.929. The van der Waals surface area contributed by atoms with Crippen LogP contribution in [0.3, 0.4) is 0 Å². The zero-order chi connectivity index (χ0) is 13.2. The van der Waals surface area contributed by atoms with Crippen LogP contribution < -0.4 is 10.6 Å². The molecule has 104 valence electrons. The van der Waals surface area contributed by atoms with Gasteiger partial charge in [-0.1, -0.05) is 20.3 Å². The topological polar surface area (TPSA) is 61.4 Å². The number of nitrogens with one attached hydrogen (secondary N) is 2. The van der Waals surface area contributed by atoms with Gasteiger partial charge in [-0.3, -0.25) is 4.79 Å². The molecule has 1 aliphatic carbocycles. The summed E-state index contributed by atoms with van der Waals surface area (Å²) >= 11 is 0. The van der Waals surface area contributed by atoms with E-state index in [-0.39, 0.29) is 24.0 Å². The van der Waals surface area contributed by atoms with E-state index < -0.39 is 0 Å². The van der Waals surface area contributed by atoms with E-state index in [9.17, 15) is 4.79 Å². The normalized spacial score (nSPS) is 31.4. The van der Waals surface area contributed by atoms with Crippen molar-refractivity contribution >= 4 is 5.91 Å². The standard InChI is InChI=1S/C14H26N2O2/c1-14(2,6-7-17)9-16-13(18)12-11-5-3-4-10(11)8-15-12/h10-12,15,17H,3-9H2,1-2H3,(H,16,18). The molecule has 0 bridgehead atoms. The number of aliphatic hydroxyl groups is 1. The molecular weight excluding hydrogens is 228 g/mol. The van der Waals surface area contributed by atoms with Crippen LogP contribution in [0.4, 0.5) is 0 Å². The lowest BCUT2D eigenvalue weighted by atomic mass is 9.89. The van der Waals surface area contributed by atoms with Crippen molar-refractivity contribution in [2.24, 2.45) is 17.3 Å². The monoisotopic (exact) mass is 254 g/mol. The van der Waals surface area contributed by atoms with Gasteiger partial charge in [-0.15, -0.1) is 0 Å². The van der Waals surface area contributed by atoms with Crippen LogP contribution in [-0.4, -0.2) is 36.8 Å². The first kappa shape index (κ1) is 13.8. The molecule has 4 heteroatoms. The molecule has 1 aliphatic heterocycles. The van der Waals surface area contributed by atoms with Gasteiger partial charge in [0.25, 0.3) is 0 Å². The highest BCUT2D eigenvalue weighted by atomic mass is 16.3. The Morgan fingerprint density at radius 1 is 1.44 bits per heavy atom. The molecule has 0 aromatic carbocycles. The van der Waals surface area contributed by atoms with Crippen LogP contribution in [0.1, 0.15) is 39.5 Å². The summed E-state index contributed by atoms with van der Waals surface area (Å²) in [4.78, 5) is 12.2. The zero-order valence-electron chi connectivity index (χ0n) is 11.5. The Hall–Kier alpha value is -0.610. The molecule has 3 N–H and O–H groups in total. The van der Waals surface area contributed by atoms with Gasteiger partial charge in [0.2, 0.25) is 5.91 Å². The molecule has 1 saturated carbocycles. The number of hydrogen-bond acceptors (Lipinski definition) is 3. The lowest BCUT2D eigenvalue weighted by Crippen LogP contribution is -2.46. The summed E-state index contributed by atoms with van der Waals surface area (Å²) in [6.45, 7) is 5.97. The van der Waals surface area contributed by atoms with Gasteiger partial charge in [-0.25, -0.2) is 0 Å². The van der Waals surface area contributed by atoms with E-state index >= 15 is 0 Å². The third-order valence-corrected chi connectivity index (χ3v) is 4.56. The predicted molar refractivity (Wildman–Crippen MR) is 71.1 cm³/mol. The molecule has 1 amide bonds. The molecule has 2 fully saturated rings. The molecule has 0 spiro atoms. The molecule has 0 aromatic heterocycles. The Balaban J connectivity index is 1.81. The largest absolute Gasteiger partial charge is 0.396 e. The van der Waals surface area contributed by atoms with E-state index in [1.807, 2.05) is 0 Å². The highest BCUT2D eigenvalue weighted by Crippen LogP contribution is 2.37. The highest BCUT2D eigenvalue weighted by Gasteiger charge is 2.42. The Bertz CT molecular complexity index is 304. The maximum atomic E-state index is 12.2. The van der Waals surface area contributed by atoms with Crippen LogP contribution >= 0.6 is 0 Å². The van der Waals surface area contributed by atoms with Crippen molar-refractivity contribution in [2.75, 3.05) is 19.7 Å². The molecule has 2 aliphatic rings. The Kier molecular flexibility index (Phi) is 4.28. The van der Waals surface area contributed by atoms with Crippen molar-refractivity contribution in [3.8, 4) is 0 Å². The summed E-state index contributed by atoms with van der Waals surface area (Å²) in [5.41, 5.74) is -0.0297. The van der Waals surface area contributed by atoms with Gasteiger partial charge in [0.05, 0.1) is 6.04 Å². The number of fused-ring (bicyclic) bond motifs is 1. The Labute approximate surface area is 110 Å². The number of amides is 1. The van der Waals surface area contributed by atoms with E-state index in [0.717, 1.165) is 13.0 Å². The zero-order valence-corrected chi connectivity index (χ0v) is 11.5. The minimum Gasteiger partial charge on any atom is -0.396 e. The average Bonchev–Trinajstić information content (AvgIpc) is 2.87. The highest BCUT2D eigenvalue weighted by molar-refractivity contribution is 5.82. The molecule has 2 rings (SSSR count). The van der Waals surface area contributed by atoms with Gasteiger partial charge in [-0.05, 0) is 43.1 Å². The number of carbonyl (C=O) groups excluding carboxylic acids is 1. The van der Waals surface area contributed by atoms with Gasteiger partial charge in [-0.2, -0.15) is 0 Å². The smallest absolute Gasteiger partial charge is 0.237 e. The van der Waals surface area contributed by atoms with Crippen molar-refractivity contribution in [1.82, 2.24) is 10.6 Å². The molecule has 3 atom stereocenters. The first-order valence-electron chi connectivity index (χ1n) is 7.15. The molecular formula is C14H26N2O2. The molecule has 0 radical (unpaired) electrons. The summed E-state index contributed by atoms with van der Waals surface area (Å²) in [7, 11) is 0. The van der Waals surface area contributed by atoms with Gasteiger partial charge in [0, 0.05) is 13.2 Å². The molecule has 0 aromatic rings. The second-order valence-electron chi connectivity index (χ2n) is 6.60. The maximum Gasteiger partial charge on any atom is 0.237 e. The van der Waals surface area contributed by atoms with E-state index in [0.29, 0.717) is 18.4 Å². The molecule has 1 saturated heterocycles. The van der Waals surface area contributed by atoms with Gasteiger partial charge < -0.3 is 15.7 Å². The first-order chi connectivity index (χ1) is 8.53. The van der Waals surface area contributed by atoms with E-state index in [4.69, 9.17) is 5.11 Å². The minimum absolute atomic E-state index is 0.0161. The van der Waals surface area contributed by atoms with E-state index in [1.54, 1.807) is 0 Å². The SMILES string of the molecule is CC(C)(CCO)CNC(=O)C1NCC2CCCC21. The summed E-state index contributed by atoms with van der Waals surface area (Å²) in [5, 5.41) is 15.4. The summed E-state index contributed by atoms with van der Waals surface area (Å²) in [6.07, 6.45) is 4.46. The van der Waals surface area contributed by atoms with Crippen LogP contribution in [-0.2, 0) is 4.79 Å². The summed E-state index contributed by atoms with van der Waals surface area (Å²) < 4.78 is 0. The number of carbonyl (C=O) groups is 1. The third-order valence-electron chi connectivity index (χ3n) is 4.56. The molecule has 1 heterocycles. The number of hydrogen-bond donors (Lipinski definition) is 3. The van der Waals surface area contributed by atoms with E-state index in [2.05, 4.69) is 24.5 Å². The second-order valence-corrected chi connectivity index (χ2v) is 6.60. The Morgan fingerprint density at radius 3 is 2.94 bits per heavy atom. The Morgan fingerprint density at radius 2 is 2.22 bits per heavy atom.